The molecule has 0 aliphatic carbocycles. The first kappa shape index (κ1) is 14.8. The predicted octanol–water partition coefficient (Wildman–Crippen LogP) is 4.05. The Balaban J connectivity index is 2.32. The summed E-state index contributed by atoms with van der Waals surface area (Å²) in [5.41, 5.74) is 1.20. The van der Waals surface area contributed by atoms with Crippen molar-refractivity contribution in [2.24, 2.45) is 0 Å². The van der Waals surface area contributed by atoms with Crippen LogP contribution in [0.15, 0.2) is 30.6 Å². The molecule has 0 saturated carbocycles. The summed E-state index contributed by atoms with van der Waals surface area (Å²) in [6.45, 7) is 1.72. The van der Waals surface area contributed by atoms with Crippen LogP contribution >= 0.6 is 11.6 Å². The van der Waals surface area contributed by atoms with E-state index in [1.54, 1.807) is 31.2 Å². The monoisotopic (exact) mass is 326 g/mol. The number of hydrogen-bond acceptors (Lipinski definition) is 3. The summed E-state index contributed by atoms with van der Waals surface area (Å²) in [5, 5.41) is 0.395. The zero-order valence-corrected chi connectivity index (χ0v) is 12.2. The average Bonchev–Trinajstić information content (AvgIpc) is 2.89. The van der Waals surface area contributed by atoms with Crippen LogP contribution in [0.5, 0.6) is 0 Å². The molecule has 0 fully saturated rings. The lowest BCUT2D eigenvalue weighted by Crippen LogP contribution is -2.13. The standard InChI is InChI=1S/C14H10ClF3N4/c1-2-9-11-12(21-13(20-9)14(16,17)18)22(7-19-11)10-6-4-3-5-8(10)15/h3-7H,2H2,1H3. The summed E-state index contributed by atoms with van der Waals surface area (Å²) in [5.74, 6) is -1.18. The number of aryl methyl sites for hydroxylation is 1. The van der Waals surface area contributed by atoms with Gasteiger partial charge in [0.1, 0.15) is 11.8 Å². The Morgan fingerprint density at radius 3 is 2.55 bits per heavy atom. The molecule has 0 spiro atoms. The fourth-order valence-electron chi connectivity index (χ4n) is 2.16. The van der Waals surface area contributed by atoms with Gasteiger partial charge in [0.05, 0.1) is 16.4 Å². The van der Waals surface area contributed by atoms with Crippen molar-refractivity contribution in [2.45, 2.75) is 19.5 Å². The lowest BCUT2D eigenvalue weighted by molar-refractivity contribution is -0.144. The first-order valence-electron chi connectivity index (χ1n) is 6.48. The summed E-state index contributed by atoms with van der Waals surface area (Å²) in [4.78, 5) is 11.4. The molecule has 0 atom stereocenters. The Kier molecular flexibility index (Phi) is 3.52. The van der Waals surface area contributed by atoms with Gasteiger partial charge in [-0.25, -0.2) is 15.0 Å². The van der Waals surface area contributed by atoms with Crippen LogP contribution in [0.2, 0.25) is 5.02 Å². The van der Waals surface area contributed by atoms with Crippen molar-refractivity contribution in [1.29, 1.82) is 0 Å². The van der Waals surface area contributed by atoms with Gasteiger partial charge in [-0.05, 0) is 18.6 Å². The third-order valence-corrected chi connectivity index (χ3v) is 3.49. The first-order chi connectivity index (χ1) is 10.4. The second kappa shape index (κ2) is 5.24. The van der Waals surface area contributed by atoms with E-state index in [2.05, 4.69) is 15.0 Å². The van der Waals surface area contributed by atoms with E-state index >= 15 is 0 Å². The van der Waals surface area contributed by atoms with Crippen LogP contribution in [-0.2, 0) is 12.6 Å². The van der Waals surface area contributed by atoms with E-state index in [1.165, 1.54) is 10.9 Å². The van der Waals surface area contributed by atoms with E-state index < -0.39 is 12.0 Å². The molecule has 3 rings (SSSR count). The molecule has 0 aliphatic rings. The Hall–Kier alpha value is -2.15. The molecule has 22 heavy (non-hydrogen) atoms. The van der Waals surface area contributed by atoms with Crippen LogP contribution in [0.4, 0.5) is 13.2 Å². The van der Waals surface area contributed by atoms with Crippen molar-refractivity contribution in [3.05, 3.63) is 47.1 Å². The number of benzene rings is 1. The van der Waals surface area contributed by atoms with E-state index in [0.29, 0.717) is 22.6 Å². The number of para-hydroxylation sites is 1. The van der Waals surface area contributed by atoms with Crippen LogP contribution in [0.25, 0.3) is 16.9 Å². The minimum atomic E-state index is -4.62. The SMILES string of the molecule is CCc1nc(C(F)(F)F)nc2c1ncn2-c1ccccc1Cl. The molecule has 3 aromatic rings. The summed E-state index contributed by atoms with van der Waals surface area (Å²) < 4.78 is 40.4. The third kappa shape index (κ3) is 2.41. The van der Waals surface area contributed by atoms with E-state index in [4.69, 9.17) is 11.6 Å². The van der Waals surface area contributed by atoms with Crippen molar-refractivity contribution >= 4 is 22.8 Å². The van der Waals surface area contributed by atoms with Crippen molar-refractivity contribution in [3.8, 4) is 5.69 Å². The number of halogens is 4. The molecule has 1 aromatic carbocycles. The van der Waals surface area contributed by atoms with E-state index in [9.17, 15) is 13.2 Å². The molecule has 0 radical (unpaired) electrons. The molecular formula is C14H10ClF3N4. The molecule has 8 heteroatoms. The normalized spacial score (nSPS) is 12.0. The van der Waals surface area contributed by atoms with Crippen LogP contribution in [0, 0.1) is 0 Å². The van der Waals surface area contributed by atoms with E-state index in [0.717, 1.165) is 0 Å². The van der Waals surface area contributed by atoms with Gasteiger partial charge in [-0.2, -0.15) is 13.2 Å². The fourth-order valence-corrected chi connectivity index (χ4v) is 2.38. The average molecular weight is 327 g/mol. The highest BCUT2D eigenvalue weighted by atomic mass is 35.5. The fraction of sp³-hybridized carbons (Fsp3) is 0.214. The summed E-state index contributed by atoms with van der Waals surface area (Å²) in [6, 6.07) is 6.80. The predicted molar refractivity (Wildman–Crippen MR) is 76.1 cm³/mol. The van der Waals surface area contributed by atoms with Gasteiger partial charge in [0.2, 0.25) is 5.82 Å². The highest BCUT2D eigenvalue weighted by Crippen LogP contribution is 2.30. The van der Waals surface area contributed by atoms with Gasteiger partial charge in [0, 0.05) is 0 Å². The summed E-state index contributed by atoms with van der Waals surface area (Å²) in [7, 11) is 0. The zero-order chi connectivity index (χ0) is 15.9. The second-order valence-electron chi connectivity index (χ2n) is 4.58. The van der Waals surface area contributed by atoms with Crippen molar-refractivity contribution in [1.82, 2.24) is 19.5 Å². The number of imidazole rings is 1. The number of alkyl halides is 3. The molecule has 2 heterocycles. The van der Waals surface area contributed by atoms with Gasteiger partial charge in [0.15, 0.2) is 5.65 Å². The van der Waals surface area contributed by atoms with Crippen LogP contribution in [-0.4, -0.2) is 19.5 Å². The molecule has 0 N–H and O–H groups in total. The van der Waals surface area contributed by atoms with E-state index in [1.807, 2.05) is 0 Å². The van der Waals surface area contributed by atoms with Gasteiger partial charge in [-0.3, -0.25) is 4.57 Å². The largest absolute Gasteiger partial charge is 0.451 e. The number of rotatable bonds is 2. The molecule has 2 aromatic heterocycles. The van der Waals surface area contributed by atoms with Crippen molar-refractivity contribution < 1.29 is 13.2 Å². The first-order valence-corrected chi connectivity index (χ1v) is 6.85. The minimum absolute atomic E-state index is 0.0901. The molecule has 0 amide bonds. The Bertz CT molecular complexity index is 842. The zero-order valence-electron chi connectivity index (χ0n) is 11.4. The Labute approximate surface area is 128 Å². The van der Waals surface area contributed by atoms with Gasteiger partial charge >= 0.3 is 6.18 Å². The molecular weight excluding hydrogens is 317 g/mol. The number of fused-ring (bicyclic) bond motifs is 1. The van der Waals surface area contributed by atoms with E-state index in [-0.39, 0.29) is 11.3 Å². The molecule has 114 valence electrons. The molecule has 0 bridgehead atoms. The van der Waals surface area contributed by atoms with Crippen molar-refractivity contribution in [2.75, 3.05) is 0 Å². The molecule has 0 saturated heterocycles. The van der Waals surface area contributed by atoms with Crippen molar-refractivity contribution in [3.63, 3.8) is 0 Å². The van der Waals surface area contributed by atoms with Crippen LogP contribution in [0.3, 0.4) is 0 Å². The lowest BCUT2D eigenvalue weighted by Gasteiger charge is -2.09. The van der Waals surface area contributed by atoms with Gasteiger partial charge in [-0.1, -0.05) is 30.7 Å². The molecule has 0 unspecified atom stereocenters. The molecule has 0 aliphatic heterocycles. The number of nitrogens with zero attached hydrogens (tertiary/aromatic N) is 4. The molecule has 4 nitrogen and oxygen atoms in total. The maximum Gasteiger partial charge on any atom is 0.451 e. The highest BCUT2D eigenvalue weighted by Gasteiger charge is 2.36. The summed E-state index contributed by atoms with van der Waals surface area (Å²) >= 11 is 6.11. The number of aromatic nitrogens is 4. The third-order valence-electron chi connectivity index (χ3n) is 3.17. The smallest absolute Gasteiger partial charge is 0.282 e. The highest BCUT2D eigenvalue weighted by molar-refractivity contribution is 6.32. The van der Waals surface area contributed by atoms with Crippen LogP contribution in [0.1, 0.15) is 18.4 Å². The maximum absolute atomic E-state index is 13.0. The second-order valence-corrected chi connectivity index (χ2v) is 4.99. The van der Waals surface area contributed by atoms with Gasteiger partial charge < -0.3 is 0 Å². The van der Waals surface area contributed by atoms with Crippen LogP contribution < -0.4 is 0 Å². The van der Waals surface area contributed by atoms with Gasteiger partial charge in [0.25, 0.3) is 0 Å². The quantitative estimate of drug-likeness (QED) is 0.713. The van der Waals surface area contributed by atoms with Gasteiger partial charge in [-0.15, -0.1) is 0 Å². The minimum Gasteiger partial charge on any atom is -0.282 e. The lowest BCUT2D eigenvalue weighted by atomic mass is 10.2. The number of hydrogen-bond donors (Lipinski definition) is 0. The summed E-state index contributed by atoms with van der Waals surface area (Å²) in [6.07, 6.45) is -2.89. The Morgan fingerprint density at radius 2 is 1.91 bits per heavy atom. The maximum atomic E-state index is 13.0. The Morgan fingerprint density at radius 1 is 1.18 bits per heavy atom. The topological polar surface area (TPSA) is 43.6 Å².